The Labute approximate surface area is 93.5 Å². The van der Waals surface area contributed by atoms with Gasteiger partial charge in [-0.1, -0.05) is 24.3 Å². The van der Waals surface area contributed by atoms with Crippen molar-refractivity contribution in [3.8, 4) is 11.5 Å². The van der Waals surface area contributed by atoms with E-state index in [2.05, 4.69) is 0 Å². The molecular weight excluding hydrogens is 205 g/mol. The lowest BCUT2D eigenvalue weighted by molar-refractivity contribution is 0.476. The Hall–Kier alpha value is -2.03. The minimum atomic E-state index is -0.467. The Bertz CT molecular complexity index is 511. The van der Waals surface area contributed by atoms with Gasteiger partial charge in [-0.2, -0.15) is 0 Å². The Morgan fingerprint density at radius 1 is 1.00 bits per heavy atom. The van der Waals surface area contributed by atoms with E-state index in [1.54, 1.807) is 12.1 Å². The van der Waals surface area contributed by atoms with Crippen LogP contribution in [0.1, 0.15) is 5.56 Å². The second-order valence-corrected chi connectivity index (χ2v) is 3.52. The van der Waals surface area contributed by atoms with Gasteiger partial charge in [-0.3, -0.25) is 0 Å². The van der Waals surface area contributed by atoms with Crippen LogP contribution in [0.15, 0.2) is 42.5 Å². The molecule has 0 atom stereocenters. The smallest absolute Gasteiger partial charge is 0.153 e. The predicted octanol–water partition coefficient (Wildman–Crippen LogP) is 3.51. The molecule has 82 valence electrons. The molecule has 0 fully saturated rings. The van der Waals surface area contributed by atoms with Gasteiger partial charge in [0.05, 0.1) is 0 Å². The molecule has 2 nitrogen and oxygen atoms in total. The maximum Gasteiger partial charge on any atom is 0.153 e. The molecule has 0 aliphatic carbocycles. The average molecular weight is 217 g/mol. The lowest BCUT2D eigenvalue weighted by atomic mass is 10.2. The fraction of sp³-hybridized carbons (Fsp3) is 0.0769. The molecule has 0 radical (unpaired) electrons. The Morgan fingerprint density at radius 2 is 1.69 bits per heavy atom. The molecule has 0 aliphatic heterocycles. The van der Waals surface area contributed by atoms with Gasteiger partial charge in [-0.15, -0.1) is 0 Å². The minimum absolute atomic E-state index is 0.0331. The highest BCUT2D eigenvalue weighted by Gasteiger charge is 2.07. The van der Waals surface area contributed by atoms with Crippen LogP contribution in [0.25, 0.3) is 0 Å². The van der Waals surface area contributed by atoms with Gasteiger partial charge in [0, 0.05) is 0 Å². The predicted molar refractivity (Wildman–Crippen MR) is 62.1 cm³/mol. The summed E-state index contributed by atoms with van der Waals surface area (Å²) < 4.78 is 18.7. The van der Waals surface area contributed by atoms with E-state index in [0.29, 0.717) is 11.5 Å². The number of benzene rings is 2. The second-order valence-electron chi connectivity index (χ2n) is 3.52. The van der Waals surface area contributed by atoms with Gasteiger partial charge in [-0.05, 0) is 30.7 Å². The van der Waals surface area contributed by atoms with Crippen LogP contribution in [0, 0.1) is 12.7 Å². The number of para-hydroxylation sites is 2. The van der Waals surface area contributed by atoms with Crippen molar-refractivity contribution in [3.05, 3.63) is 53.8 Å². The molecule has 0 heterocycles. The maximum atomic E-state index is 13.2. The number of rotatable bonds is 2. The Balaban J connectivity index is 2.35. The molecule has 0 saturated carbocycles. The number of anilines is 1. The number of hydrogen-bond donors (Lipinski definition) is 1. The van der Waals surface area contributed by atoms with Crippen LogP contribution in [0.5, 0.6) is 11.5 Å². The van der Waals surface area contributed by atoms with Gasteiger partial charge in [0.2, 0.25) is 0 Å². The highest BCUT2D eigenvalue weighted by molar-refractivity contribution is 5.55. The molecule has 0 bridgehead atoms. The molecular formula is C13H12FNO. The van der Waals surface area contributed by atoms with Crippen molar-refractivity contribution in [2.75, 3.05) is 5.73 Å². The molecule has 3 heteroatoms. The van der Waals surface area contributed by atoms with E-state index in [4.69, 9.17) is 10.5 Å². The number of ether oxygens (including phenoxy) is 1. The first-order chi connectivity index (χ1) is 7.68. The SMILES string of the molecule is Cc1ccccc1Oc1cccc(F)c1N. The van der Waals surface area contributed by atoms with Crippen molar-refractivity contribution in [2.45, 2.75) is 6.92 Å². The summed E-state index contributed by atoms with van der Waals surface area (Å²) >= 11 is 0. The topological polar surface area (TPSA) is 35.2 Å². The van der Waals surface area contributed by atoms with Crippen molar-refractivity contribution in [1.29, 1.82) is 0 Å². The van der Waals surface area contributed by atoms with Gasteiger partial charge in [0.15, 0.2) is 5.75 Å². The van der Waals surface area contributed by atoms with Crippen LogP contribution >= 0.6 is 0 Å². The monoisotopic (exact) mass is 217 g/mol. The van der Waals surface area contributed by atoms with E-state index in [1.807, 2.05) is 31.2 Å². The highest BCUT2D eigenvalue weighted by Crippen LogP contribution is 2.30. The van der Waals surface area contributed by atoms with Gasteiger partial charge in [0.25, 0.3) is 0 Å². The van der Waals surface area contributed by atoms with Gasteiger partial charge < -0.3 is 10.5 Å². The fourth-order valence-corrected chi connectivity index (χ4v) is 1.40. The van der Waals surface area contributed by atoms with Gasteiger partial charge in [0.1, 0.15) is 17.3 Å². The summed E-state index contributed by atoms with van der Waals surface area (Å²) in [6, 6.07) is 12.0. The van der Waals surface area contributed by atoms with Crippen LogP contribution in [-0.4, -0.2) is 0 Å². The third kappa shape index (κ3) is 1.98. The van der Waals surface area contributed by atoms with Crippen molar-refractivity contribution in [3.63, 3.8) is 0 Å². The van der Waals surface area contributed by atoms with Crippen molar-refractivity contribution >= 4 is 5.69 Å². The van der Waals surface area contributed by atoms with E-state index in [-0.39, 0.29) is 5.69 Å². The van der Waals surface area contributed by atoms with E-state index >= 15 is 0 Å². The Kier molecular flexibility index (Phi) is 2.77. The summed E-state index contributed by atoms with van der Waals surface area (Å²) in [6.45, 7) is 1.92. The maximum absolute atomic E-state index is 13.2. The van der Waals surface area contributed by atoms with Crippen molar-refractivity contribution in [1.82, 2.24) is 0 Å². The summed E-state index contributed by atoms with van der Waals surface area (Å²) in [5, 5.41) is 0. The zero-order valence-electron chi connectivity index (χ0n) is 8.91. The van der Waals surface area contributed by atoms with Crippen molar-refractivity contribution < 1.29 is 9.13 Å². The van der Waals surface area contributed by atoms with Crippen LogP contribution in [0.3, 0.4) is 0 Å². The van der Waals surface area contributed by atoms with Crippen LogP contribution in [-0.2, 0) is 0 Å². The van der Waals surface area contributed by atoms with E-state index in [1.165, 1.54) is 6.07 Å². The largest absolute Gasteiger partial charge is 0.455 e. The first-order valence-electron chi connectivity index (χ1n) is 4.96. The third-order valence-electron chi connectivity index (χ3n) is 2.33. The lowest BCUT2D eigenvalue weighted by Crippen LogP contribution is -1.95. The van der Waals surface area contributed by atoms with E-state index < -0.39 is 5.82 Å². The molecule has 16 heavy (non-hydrogen) atoms. The first kappa shape index (κ1) is 10.5. The zero-order valence-corrected chi connectivity index (χ0v) is 8.91. The Morgan fingerprint density at radius 3 is 2.44 bits per heavy atom. The second kappa shape index (κ2) is 4.23. The van der Waals surface area contributed by atoms with Crippen molar-refractivity contribution in [2.24, 2.45) is 0 Å². The number of nitrogen functional groups attached to an aromatic ring is 1. The van der Waals surface area contributed by atoms with Gasteiger partial charge >= 0.3 is 0 Å². The minimum Gasteiger partial charge on any atom is -0.455 e. The van der Waals surface area contributed by atoms with Gasteiger partial charge in [-0.25, -0.2) is 4.39 Å². The normalized spacial score (nSPS) is 10.1. The number of hydrogen-bond acceptors (Lipinski definition) is 2. The molecule has 0 saturated heterocycles. The average Bonchev–Trinajstić information content (AvgIpc) is 2.28. The number of halogens is 1. The quantitative estimate of drug-likeness (QED) is 0.781. The lowest BCUT2D eigenvalue weighted by Gasteiger charge is -2.10. The number of nitrogens with two attached hydrogens (primary N) is 1. The summed E-state index contributed by atoms with van der Waals surface area (Å²) in [6.07, 6.45) is 0. The molecule has 0 unspecified atom stereocenters. The molecule has 2 N–H and O–H groups in total. The number of aryl methyl sites for hydroxylation is 1. The fourth-order valence-electron chi connectivity index (χ4n) is 1.40. The first-order valence-corrected chi connectivity index (χ1v) is 4.96. The summed E-state index contributed by atoms with van der Waals surface area (Å²) in [5.41, 5.74) is 6.59. The highest BCUT2D eigenvalue weighted by atomic mass is 19.1. The van der Waals surface area contributed by atoms with Crippen LogP contribution in [0.4, 0.5) is 10.1 Å². The van der Waals surface area contributed by atoms with E-state index in [0.717, 1.165) is 5.56 Å². The standard InChI is InChI=1S/C13H12FNO/c1-9-5-2-3-7-11(9)16-12-8-4-6-10(14)13(12)15/h2-8H,15H2,1H3. The summed E-state index contributed by atoms with van der Waals surface area (Å²) in [5.74, 6) is 0.556. The molecule has 2 aromatic carbocycles. The third-order valence-corrected chi connectivity index (χ3v) is 2.33. The molecule has 0 amide bonds. The molecule has 2 rings (SSSR count). The molecule has 0 aliphatic rings. The van der Waals surface area contributed by atoms with E-state index in [9.17, 15) is 4.39 Å². The summed E-state index contributed by atoms with van der Waals surface area (Å²) in [7, 11) is 0. The summed E-state index contributed by atoms with van der Waals surface area (Å²) in [4.78, 5) is 0. The molecule has 2 aromatic rings. The molecule has 0 aromatic heterocycles. The van der Waals surface area contributed by atoms with Crippen LogP contribution in [0.2, 0.25) is 0 Å². The van der Waals surface area contributed by atoms with Crippen LogP contribution < -0.4 is 10.5 Å². The molecule has 0 spiro atoms. The zero-order chi connectivity index (χ0) is 11.5.